The van der Waals surface area contributed by atoms with E-state index in [2.05, 4.69) is 37.6 Å². The Kier molecular flexibility index (Phi) is 12.8. The summed E-state index contributed by atoms with van der Waals surface area (Å²) in [6.07, 6.45) is 2.84. The van der Waals surface area contributed by atoms with Crippen molar-refractivity contribution >= 4 is 56.9 Å². The summed E-state index contributed by atoms with van der Waals surface area (Å²) in [6.45, 7) is 16.4. The van der Waals surface area contributed by atoms with Crippen molar-refractivity contribution in [2.45, 2.75) is 121 Å². The Morgan fingerprint density at radius 3 is 2.36 bits per heavy atom. The van der Waals surface area contributed by atoms with Crippen LogP contribution < -0.4 is 26.0 Å². The number of amides is 6. The largest absolute Gasteiger partial charge is 0.444 e. The molecule has 0 radical (unpaired) electrons. The molecule has 6 rings (SSSR count). The molecule has 17 heteroatoms. The second-order valence-electron chi connectivity index (χ2n) is 18.2. The number of thiazole rings is 1. The highest BCUT2D eigenvalue weighted by molar-refractivity contribution is 7.91. The van der Waals surface area contributed by atoms with Gasteiger partial charge in [0.05, 0.1) is 17.0 Å². The number of aromatic nitrogens is 1. The molecule has 328 valence electrons. The SMILES string of the molecule is C=CC1CC1(NC(=O)C1CC(OC(=O)Nc2cc(C)ccc2-c2nccs2)CN1C(=O)C(NC(=O)NC(C)(C)CC)C(C)(C)C)C(=O)NS(=O)(=O)C1(Cc2ccccc2)CC1. The average Bonchev–Trinajstić information content (AvgIpc) is 3.99. The van der Waals surface area contributed by atoms with Crippen LogP contribution in [0.2, 0.25) is 0 Å². The number of nitrogens with zero attached hydrogens (tertiary/aromatic N) is 2. The monoisotopic (exact) mass is 875 g/mol. The van der Waals surface area contributed by atoms with E-state index in [1.54, 1.807) is 33.0 Å². The van der Waals surface area contributed by atoms with E-state index in [9.17, 15) is 32.4 Å². The fourth-order valence-corrected chi connectivity index (χ4v) is 9.97. The van der Waals surface area contributed by atoms with Crippen LogP contribution >= 0.6 is 11.3 Å². The van der Waals surface area contributed by atoms with Gasteiger partial charge in [-0.3, -0.25) is 24.4 Å². The normalized spacial score (nSPS) is 22.3. The number of nitrogens with one attached hydrogen (secondary N) is 5. The van der Waals surface area contributed by atoms with Gasteiger partial charge in [0, 0.05) is 35.0 Å². The standard InChI is InChI=1S/C44H57N7O8S2/c1-9-29-25-44(29,38(54)50-61(57,58)43(18-19-43)24-28-14-12-11-13-15-28)48-35(52)33-23-30(59-40(56)46-32-22-27(3)16-17-31(32)36-45-20-21-60-36)26-51(33)37(53)34(41(4,5)6)47-39(55)49-42(7,8)10-2/h9,11-17,20-22,29-30,33-34H,1,10,18-19,23-26H2,2-8H3,(H,46,56)(H,48,52)(H,50,54)(H2,47,49,55). The number of carbonyl (C=O) groups excluding carboxylic acids is 5. The molecule has 0 bridgehead atoms. The average molecular weight is 876 g/mol. The predicted octanol–water partition coefficient (Wildman–Crippen LogP) is 5.82. The minimum absolute atomic E-state index is 0.0791. The molecule has 6 amide bonds. The maximum atomic E-state index is 14.7. The van der Waals surface area contributed by atoms with E-state index in [0.717, 1.165) is 11.1 Å². The van der Waals surface area contributed by atoms with E-state index in [-0.39, 0.29) is 25.8 Å². The van der Waals surface area contributed by atoms with Gasteiger partial charge >= 0.3 is 12.1 Å². The molecule has 5 unspecified atom stereocenters. The lowest BCUT2D eigenvalue weighted by Crippen LogP contribution is -2.62. The minimum Gasteiger partial charge on any atom is -0.444 e. The first kappa shape index (κ1) is 45.2. The van der Waals surface area contributed by atoms with Gasteiger partial charge in [-0.05, 0) is 81.5 Å². The number of urea groups is 1. The molecule has 3 fully saturated rings. The topological polar surface area (TPSA) is 205 Å². The third-order valence-corrected chi connectivity index (χ3v) is 14.9. The lowest BCUT2D eigenvalue weighted by molar-refractivity contribution is -0.142. The molecule has 2 aromatic carbocycles. The van der Waals surface area contributed by atoms with Gasteiger partial charge in [-0.2, -0.15) is 0 Å². The number of sulfonamides is 1. The molecule has 1 saturated heterocycles. The van der Waals surface area contributed by atoms with Crippen LogP contribution in [0.3, 0.4) is 0 Å². The summed E-state index contributed by atoms with van der Waals surface area (Å²) in [5.41, 5.74) is -0.250. The maximum Gasteiger partial charge on any atom is 0.411 e. The second-order valence-corrected chi connectivity index (χ2v) is 21.2. The first-order chi connectivity index (χ1) is 28.6. The number of likely N-dealkylation sites (tertiary alicyclic amines) is 1. The molecule has 5 N–H and O–H groups in total. The van der Waals surface area contributed by atoms with Crippen LogP contribution in [0.1, 0.15) is 84.8 Å². The Labute approximate surface area is 361 Å². The summed E-state index contributed by atoms with van der Waals surface area (Å²) >= 11 is 1.40. The van der Waals surface area contributed by atoms with Crippen LogP contribution in [0.4, 0.5) is 15.3 Å². The highest BCUT2D eigenvalue weighted by Crippen LogP contribution is 2.48. The van der Waals surface area contributed by atoms with Crippen molar-refractivity contribution in [2.75, 3.05) is 11.9 Å². The van der Waals surface area contributed by atoms with E-state index in [1.807, 2.05) is 75.5 Å². The van der Waals surface area contributed by atoms with E-state index in [4.69, 9.17) is 4.74 Å². The molecular formula is C44H57N7O8S2. The van der Waals surface area contributed by atoms with Crippen molar-refractivity contribution in [3.63, 3.8) is 0 Å². The van der Waals surface area contributed by atoms with Crippen LogP contribution in [-0.4, -0.2) is 88.7 Å². The van der Waals surface area contributed by atoms with E-state index < -0.39 is 85.2 Å². The molecule has 1 aliphatic heterocycles. The van der Waals surface area contributed by atoms with Crippen molar-refractivity contribution in [1.82, 2.24) is 30.6 Å². The van der Waals surface area contributed by atoms with Gasteiger partial charge in [-0.25, -0.2) is 23.0 Å². The van der Waals surface area contributed by atoms with Crippen LogP contribution in [0, 0.1) is 18.3 Å². The van der Waals surface area contributed by atoms with Gasteiger partial charge in [0.2, 0.25) is 21.8 Å². The third-order valence-electron chi connectivity index (χ3n) is 11.9. The summed E-state index contributed by atoms with van der Waals surface area (Å²) in [6, 6.07) is 11.7. The Morgan fingerprint density at radius 2 is 1.77 bits per heavy atom. The summed E-state index contributed by atoms with van der Waals surface area (Å²) in [7, 11) is -4.19. The Bertz CT molecular complexity index is 2270. The molecule has 3 aliphatic rings. The van der Waals surface area contributed by atoms with Crippen LogP contribution in [0.25, 0.3) is 10.6 Å². The van der Waals surface area contributed by atoms with Crippen LogP contribution in [-0.2, 0) is 35.6 Å². The number of hydrogen-bond donors (Lipinski definition) is 5. The number of carbonyl (C=O) groups is 5. The number of aryl methyl sites for hydroxylation is 1. The van der Waals surface area contributed by atoms with Gasteiger partial charge in [-0.1, -0.05) is 70.2 Å². The molecule has 0 spiro atoms. The van der Waals surface area contributed by atoms with Gasteiger partial charge in [0.15, 0.2) is 0 Å². The number of rotatable bonds is 15. The van der Waals surface area contributed by atoms with Crippen LogP contribution in [0.15, 0.2) is 72.8 Å². The quantitative estimate of drug-likeness (QED) is 0.117. The fourth-order valence-electron chi connectivity index (χ4n) is 7.65. The number of anilines is 1. The van der Waals surface area contributed by atoms with Crippen LogP contribution in [0.5, 0.6) is 0 Å². The molecular weight excluding hydrogens is 819 g/mol. The molecule has 2 saturated carbocycles. The van der Waals surface area contributed by atoms with E-state index in [1.165, 1.54) is 22.3 Å². The summed E-state index contributed by atoms with van der Waals surface area (Å²) in [5.74, 6) is -2.86. The number of ether oxygens (including phenoxy) is 1. The fraction of sp³-hybridized carbons (Fsp3) is 0.500. The Balaban J connectivity index is 1.24. The smallest absolute Gasteiger partial charge is 0.411 e. The van der Waals surface area contributed by atoms with Gasteiger partial charge in [0.25, 0.3) is 5.91 Å². The first-order valence-electron chi connectivity index (χ1n) is 20.6. The zero-order chi connectivity index (χ0) is 44.5. The first-order valence-corrected chi connectivity index (χ1v) is 22.9. The van der Waals surface area contributed by atoms with Crippen molar-refractivity contribution in [3.8, 4) is 10.6 Å². The van der Waals surface area contributed by atoms with Gasteiger partial charge in [0.1, 0.15) is 28.7 Å². The zero-order valence-corrected chi connectivity index (χ0v) is 37.4. The number of benzene rings is 2. The molecule has 2 heterocycles. The van der Waals surface area contributed by atoms with Gasteiger partial charge < -0.3 is 25.6 Å². The predicted molar refractivity (Wildman–Crippen MR) is 234 cm³/mol. The minimum atomic E-state index is -4.19. The highest BCUT2D eigenvalue weighted by atomic mass is 32.2. The summed E-state index contributed by atoms with van der Waals surface area (Å²) < 4.78 is 34.6. The van der Waals surface area contributed by atoms with Gasteiger partial charge in [-0.15, -0.1) is 17.9 Å². The van der Waals surface area contributed by atoms with Crippen molar-refractivity contribution in [3.05, 3.63) is 83.9 Å². The number of hydrogen-bond acceptors (Lipinski definition) is 10. The van der Waals surface area contributed by atoms with E-state index in [0.29, 0.717) is 35.5 Å². The Hall–Kier alpha value is -5.29. The molecule has 2 aliphatic carbocycles. The third kappa shape index (κ3) is 10.1. The lowest BCUT2D eigenvalue weighted by Gasteiger charge is -2.36. The Morgan fingerprint density at radius 1 is 1.07 bits per heavy atom. The lowest BCUT2D eigenvalue weighted by atomic mass is 9.85. The zero-order valence-electron chi connectivity index (χ0n) is 35.8. The molecule has 1 aromatic heterocycles. The van der Waals surface area contributed by atoms with Crippen molar-refractivity contribution < 1.29 is 37.1 Å². The second kappa shape index (κ2) is 17.2. The van der Waals surface area contributed by atoms with Crippen molar-refractivity contribution in [2.24, 2.45) is 11.3 Å². The van der Waals surface area contributed by atoms with E-state index >= 15 is 0 Å². The molecule has 15 nitrogen and oxygen atoms in total. The molecule has 61 heavy (non-hydrogen) atoms. The molecule has 3 aromatic rings. The molecule has 5 atom stereocenters. The maximum absolute atomic E-state index is 14.7. The van der Waals surface area contributed by atoms with Crippen molar-refractivity contribution in [1.29, 1.82) is 0 Å². The highest BCUT2D eigenvalue weighted by Gasteiger charge is 2.63. The summed E-state index contributed by atoms with van der Waals surface area (Å²) in [5, 5.41) is 13.8. The summed E-state index contributed by atoms with van der Waals surface area (Å²) in [4.78, 5) is 75.7.